The van der Waals surface area contributed by atoms with Gasteiger partial charge in [0.05, 0.1) is 11.2 Å². The summed E-state index contributed by atoms with van der Waals surface area (Å²) in [7, 11) is -0.675. The summed E-state index contributed by atoms with van der Waals surface area (Å²) in [5, 5.41) is 12.8. The van der Waals surface area contributed by atoms with Crippen molar-refractivity contribution in [3.05, 3.63) is 76.9 Å². The van der Waals surface area contributed by atoms with Gasteiger partial charge >= 0.3 is 19.2 Å². The van der Waals surface area contributed by atoms with Crippen LogP contribution in [-0.2, 0) is 20.7 Å². The summed E-state index contributed by atoms with van der Waals surface area (Å²) in [5.41, 5.74) is 2.16. The number of carboxylic acids is 1. The minimum atomic E-state index is -1.02. The number of alkyl carbamates (subject to hydrolysis) is 1. The average molecular weight is 476 g/mol. The summed E-state index contributed by atoms with van der Waals surface area (Å²) in [6, 6.07) is 16.6. The number of ether oxygens (including phenoxy) is 1. The third-order valence-corrected chi connectivity index (χ3v) is 6.43. The van der Waals surface area contributed by atoms with Crippen molar-refractivity contribution in [2.45, 2.75) is 45.5 Å². The summed E-state index contributed by atoms with van der Waals surface area (Å²) in [6.07, 6.45) is 1.33. The standard InChI is InChI=1S/C26H29BN2O6/c1-25(2)26(3,4)35-27(34-25)20(15-28-24(32)33-16-17-8-6-5-7-9-17)13-18-10-11-21-19(12-18)14-22(29-21)23(30)31/h5-14,29H,15-16H2,1-4H3,(H,28,32)(H,30,31). The lowest BCUT2D eigenvalue weighted by atomic mass is 9.77. The molecule has 2 aromatic carbocycles. The monoisotopic (exact) mass is 476 g/mol. The van der Waals surface area contributed by atoms with Gasteiger partial charge in [-0.1, -0.05) is 42.5 Å². The van der Waals surface area contributed by atoms with Crippen molar-refractivity contribution < 1.29 is 28.7 Å². The second-order valence-electron chi connectivity index (χ2n) is 9.56. The van der Waals surface area contributed by atoms with Crippen LogP contribution < -0.4 is 5.32 Å². The van der Waals surface area contributed by atoms with Crippen LogP contribution in [-0.4, -0.2) is 47.0 Å². The molecule has 0 spiro atoms. The highest BCUT2D eigenvalue weighted by molar-refractivity contribution is 6.56. The summed E-state index contributed by atoms with van der Waals surface area (Å²) in [4.78, 5) is 26.6. The molecule has 0 radical (unpaired) electrons. The smallest absolute Gasteiger partial charge is 0.477 e. The number of carbonyl (C=O) groups is 2. The van der Waals surface area contributed by atoms with Gasteiger partial charge < -0.3 is 29.5 Å². The lowest BCUT2D eigenvalue weighted by Gasteiger charge is -2.32. The van der Waals surface area contributed by atoms with Gasteiger partial charge in [-0.15, -0.1) is 0 Å². The molecule has 3 aromatic rings. The van der Waals surface area contributed by atoms with Gasteiger partial charge in [0, 0.05) is 17.4 Å². The van der Waals surface area contributed by atoms with E-state index in [4.69, 9.17) is 14.0 Å². The number of fused-ring (bicyclic) bond motifs is 1. The molecule has 1 saturated heterocycles. The first-order valence-electron chi connectivity index (χ1n) is 11.4. The molecule has 0 unspecified atom stereocenters. The molecule has 182 valence electrons. The lowest BCUT2D eigenvalue weighted by Crippen LogP contribution is -2.41. The Morgan fingerprint density at radius 1 is 1.06 bits per heavy atom. The van der Waals surface area contributed by atoms with Crippen molar-refractivity contribution >= 4 is 36.2 Å². The van der Waals surface area contributed by atoms with E-state index in [1.165, 1.54) is 0 Å². The van der Waals surface area contributed by atoms with E-state index in [1.54, 1.807) is 6.07 Å². The fourth-order valence-corrected chi connectivity index (χ4v) is 3.72. The topological polar surface area (TPSA) is 110 Å². The van der Waals surface area contributed by atoms with Crippen LogP contribution in [0.25, 0.3) is 17.0 Å². The number of aromatic amines is 1. The Balaban J connectivity index is 1.54. The van der Waals surface area contributed by atoms with E-state index in [-0.39, 0.29) is 18.8 Å². The molecule has 1 aromatic heterocycles. The van der Waals surface area contributed by atoms with Gasteiger partial charge in [0.25, 0.3) is 0 Å². The van der Waals surface area contributed by atoms with Crippen LogP contribution >= 0.6 is 0 Å². The maximum absolute atomic E-state index is 12.4. The summed E-state index contributed by atoms with van der Waals surface area (Å²) in [6.45, 7) is 8.17. The SMILES string of the molecule is CC1(C)OB(C(=Cc2ccc3[nH]c(C(=O)O)cc3c2)CNC(=O)OCc2ccccc2)OC1(C)C. The quantitative estimate of drug-likeness (QED) is 0.423. The minimum Gasteiger partial charge on any atom is -0.477 e. The van der Waals surface area contributed by atoms with E-state index in [0.717, 1.165) is 22.0 Å². The number of nitrogens with one attached hydrogen (secondary N) is 2. The average Bonchev–Trinajstić information content (AvgIpc) is 3.33. The van der Waals surface area contributed by atoms with E-state index in [0.29, 0.717) is 5.47 Å². The van der Waals surface area contributed by atoms with Crippen molar-refractivity contribution in [2.75, 3.05) is 6.54 Å². The molecule has 2 heterocycles. The molecule has 0 bridgehead atoms. The Kier molecular flexibility index (Phi) is 6.74. The highest BCUT2D eigenvalue weighted by Gasteiger charge is 2.52. The molecule has 0 aliphatic carbocycles. The fraction of sp³-hybridized carbons (Fsp3) is 0.308. The Bertz CT molecular complexity index is 1250. The molecular formula is C26H29BN2O6. The first kappa shape index (κ1) is 24.6. The van der Waals surface area contributed by atoms with Crippen LogP contribution in [0.3, 0.4) is 0 Å². The number of aromatic nitrogens is 1. The number of hydrogen-bond donors (Lipinski definition) is 3. The second kappa shape index (κ2) is 9.60. The highest BCUT2D eigenvalue weighted by atomic mass is 16.7. The third kappa shape index (κ3) is 5.58. The predicted molar refractivity (Wildman–Crippen MR) is 134 cm³/mol. The highest BCUT2D eigenvalue weighted by Crippen LogP contribution is 2.38. The first-order valence-corrected chi connectivity index (χ1v) is 11.4. The molecule has 0 saturated carbocycles. The van der Waals surface area contributed by atoms with E-state index < -0.39 is 30.4 Å². The first-order chi connectivity index (χ1) is 16.5. The number of carboxylic acid groups (broad SMARTS) is 1. The molecule has 1 amide bonds. The normalized spacial score (nSPS) is 16.9. The van der Waals surface area contributed by atoms with Gasteiger partial charge in [0.2, 0.25) is 0 Å². The molecular weight excluding hydrogens is 447 g/mol. The molecule has 1 aliphatic heterocycles. The summed E-state index contributed by atoms with van der Waals surface area (Å²) in [5.74, 6) is -1.02. The van der Waals surface area contributed by atoms with Crippen LogP contribution in [0.1, 0.15) is 49.3 Å². The lowest BCUT2D eigenvalue weighted by molar-refractivity contribution is 0.00578. The van der Waals surface area contributed by atoms with E-state index in [2.05, 4.69) is 10.3 Å². The molecule has 4 rings (SSSR count). The van der Waals surface area contributed by atoms with Crippen LogP contribution in [0.15, 0.2) is 60.1 Å². The number of amides is 1. The van der Waals surface area contributed by atoms with Gasteiger partial charge in [0.15, 0.2) is 0 Å². The Morgan fingerprint density at radius 2 is 1.74 bits per heavy atom. The zero-order chi connectivity index (χ0) is 25.2. The molecule has 1 fully saturated rings. The van der Waals surface area contributed by atoms with Crippen LogP contribution in [0.5, 0.6) is 0 Å². The molecule has 1 aliphatic rings. The van der Waals surface area contributed by atoms with Crippen molar-refractivity contribution in [3.63, 3.8) is 0 Å². The van der Waals surface area contributed by atoms with Crippen LogP contribution in [0.4, 0.5) is 4.79 Å². The van der Waals surface area contributed by atoms with Crippen molar-refractivity contribution in [1.82, 2.24) is 10.3 Å². The third-order valence-electron chi connectivity index (χ3n) is 6.43. The largest absolute Gasteiger partial charge is 0.492 e. The number of rotatable bonds is 7. The van der Waals surface area contributed by atoms with E-state index >= 15 is 0 Å². The molecule has 0 atom stereocenters. The van der Waals surface area contributed by atoms with Gasteiger partial charge in [0.1, 0.15) is 12.3 Å². The maximum atomic E-state index is 12.4. The van der Waals surface area contributed by atoms with Gasteiger partial charge in [-0.2, -0.15) is 0 Å². The molecule has 8 nitrogen and oxygen atoms in total. The maximum Gasteiger partial charge on any atom is 0.492 e. The molecule has 35 heavy (non-hydrogen) atoms. The predicted octanol–water partition coefficient (Wildman–Crippen LogP) is 4.81. The summed E-state index contributed by atoms with van der Waals surface area (Å²) < 4.78 is 17.8. The summed E-state index contributed by atoms with van der Waals surface area (Å²) >= 11 is 0. The van der Waals surface area contributed by atoms with Gasteiger partial charge in [-0.3, -0.25) is 0 Å². The number of H-pyrrole nitrogens is 1. The van der Waals surface area contributed by atoms with Crippen molar-refractivity contribution in [2.24, 2.45) is 0 Å². The second-order valence-corrected chi connectivity index (χ2v) is 9.56. The van der Waals surface area contributed by atoms with Crippen molar-refractivity contribution in [1.29, 1.82) is 0 Å². The zero-order valence-corrected chi connectivity index (χ0v) is 20.3. The van der Waals surface area contributed by atoms with Crippen LogP contribution in [0.2, 0.25) is 0 Å². The number of benzene rings is 2. The fourth-order valence-electron chi connectivity index (χ4n) is 3.72. The van der Waals surface area contributed by atoms with Crippen molar-refractivity contribution in [3.8, 4) is 0 Å². The Morgan fingerprint density at radius 3 is 2.40 bits per heavy atom. The van der Waals surface area contributed by atoms with E-state index in [1.807, 2.05) is 82.3 Å². The Labute approximate surface area is 204 Å². The number of hydrogen-bond acceptors (Lipinski definition) is 5. The molecule has 9 heteroatoms. The minimum absolute atomic E-state index is 0.121. The Hall–Kier alpha value is -3.56. The van der Waals surface area contributed by atoms with Gasteiger partial charge in [-0.05, 0) is 62.5 Å². The number of aromatic carboxylic acids is 1. The van der Waals surface area contributed by atoms with E-state index in [9.17, 15) is 14.7 Å². The number of carbonyl (C=O) groups excluding carboxylic acids is 1. The van der Waals surface area contributed by atoms with Gasteiger partial charge in [-0.25, -0.2) is 9.59 Å². The molecule has 3 N–H and O–H groups in total. The zero-order valence-electron chi connectivity index (χ0n) is 20.3. The van der Waals surface area contributed by atoms with Crippen LogP contribution in [0, 0.1) is 0 Å².